The minimum absolute atomic E-state index is 0.220. The molecule has 0 N–H and O–H groups in total. The van der Waals surface area contributed by atoms with E-state index in [0.717, 1.165) is 12.8 Å². The Morgan fingerprint density at radius 1 is 0.700 bits per heavy atom. The van der Waals surface area contributed by atoms with Crippen molar-refractivity contribution in [3.63, 3.8) is 0 Å². The van der Waals surface area contributed by atoms with E-state index in [1.807, 2.05) is 6.92 Å². The van der Waals surface area contributed by atoms with Crippen molar-refractivity contribution < 1.29 is 19.1 Å². The molecule has 0 radical (unpaired) electrons. The highest BCUT2D eigenvalue weighted by molar-refractivity contribution is 5.72. The maximum absolute atomic E-state index is 11.7. The fraction of sp³-hybridized carbons (Fsp3) is 0.846. The van der Waals surface area contributed by atoms with Crippen LogP contribution >= 0.6 is 0 Å². The lowest BCUT2D eigenvalue weighted by molar-refractivity contribution is -0.147. The molecule has 0 amide bonds. The third-order valence-corrected chi connectivity index (χ3v) is 5.22. The molecule has 4 nitrogen and oxygen atoms in total. The number of esters is 2. The van der Waals surface area contributed by atoms with Crippen molar-refractivity contribution in [3.8, 4) is 11.8 Å². The maximum atomic E-state index is 11.7. The van der Waals surface area contributed by atoms with Crippen LogP contribution in [0.15, 0.2) is 0 Å². The van der Waals surface area contributed by atoms with Crippen LogP contribution in [-0.4, -0.2) is 24.6 Å². The van der Waals surface area contributed by atoms with E-state index in [1.54, 1.807) is 6.92 Å². The van der Waals surface area contributed by atoms with Gasteiger partial charge >= 0.3 is 11.9 Å². The van der Waals surface area contributed by atoms with Gasteiger partial charge < -0.3 is 9.47 Å². The van der Waals surface area contributed by atoms with E-state index in [9.17, 15) is 9.59 Å². The lowest BCUT2D eigenvalue weighted by atomic mass is 10.0. The number of unbranched alkanes of at least 4 members (excludes halogenated alkanes) is 12. The predicted molar refractivity (Wildman–Crippen MR) is 124 cm³/mol. The smallest absolute Gasteiger partial charge is 0.307 e. The zero-order valence-corrected chi connectivity index (χ0v) is 19.9. The molecule has 4 heteroatoms. The van der Waals surface area contributed by atoms with Crippen LogP contribution in [0.25, 0.3) is 0 Å². The Labute approximate surface area is 185 Å². The second-order valence-electron chi connectivity index (χ2n) is 8.10. The Bertz CT molecular complexity index is 475. The average Bonchev–Trinajstić information content (AvgIpc) is 2.73. The summed E-state index contributed by atoms with van der Waals surface area (Å²) in [6, 6.07) is 0. The number of hydrogen-bond donors (Lipinski definition) is 0. The van der Waals surface area contributed by atoms with Crippen LogP contribution in [0.5, 0.6) is 0 Å². The molecule has 0 aliphatic carbocycles. The fourth-order valence-corrected chi connectivity index (χ4v) is 3.35. The molecule has 0 aromatic rings. The minimum Gasteiger partial charge on any atom is -0.466 e. The summed E-state index contributed by atoms with van der Waals surface area (Å²) >= 11 is 0. The first-order valence-electron chi connectivity index (χ1n) is 12.4. The third-order valence-electron chi connectivity index (χ3n) is 5.22. The molecule has 0 aliphatic heterocycles. The van der Waals surface area contributed by atoms with Gasteiger partial charge in [0.25, 0.3) is 0 Å². The Kier molecular flexibility index (Phi) is 21.1. The SMILES string of the molecule is CC#CC(CC)OC(=O)CCCC(=O)OCCCCCCCCCCCCCCC. The molecule has 0 heterocycles. The van der Waals surface area contributed by atoms with E-state index in [1.165, 1.54) is 70.6 Å². The van der Waals surface area contributed by atoms with E-state index in [4.69, 9.17) is 9.47 Å². The van der Waals surface area contributed by atoms with E-state index in [2.05, 4.69) is 18.8 Å². The number of ether oxygens (including phenoxy) is 2. The van der Waals surface area contributed by atoms with E-state index in [0.29, 0.717) is 19.4 Å². The maximum Gasteiger partial charge on any atom is 0.307 e. The molecule has 0 aromatic carbocycles. The van der Waals surface area contributed by atoms with E-state index < -0.39 is 0 Å². The van der Waals surface area contributed by atoms with Gasteiger partial charge in [-0.1, -0.05) is 96.8 Å². The van der Waals surface area contributed by atoms with E-state index >= 15 is 0 Å². The average molecular weight is 423 g/mol. The first-order chi connectivity index (χ1) is 14.6. The first kappa shape index (κ1) is 28.5. The Balaban J connectivity index is 3.39. The minimum atomic E-state index is -0.343. The zero-order chi connectivity index (χ0) is 22.3. The number of carbonyl (C=O) groups is 2. The van der Waals surface area contributed by atoms with Gasteiger partial charge in [0.2, 0.25) is 0 Å². The third kappa shape index (κ3) is 19.8. The summed E-state index contributed by atoms with van der Waals surface area (Å²) in [7, 11) is 0. The molecule has 30 heavy (non-hydrogen) atoms. The van der Waals surface area contributed by atoms with Crippen LogP contribution in [-0.2, 0) is 19.1 Å². The topological polar surface area (TPSA) is 52.6 Å². The van der Waals surface area contributed by atoms with Gasteiger partial charge in [0.1, 0.15) is 0 Å². The number of carbonyl (C=O) groups excluding carboxylic acids is 2. The highest BCUT2D eigenvalue weighted by Gasteiger charge is 2.11. The van der Waals surface area contributed by atoms with Gasteiger partial charge in [-0.3, -0.25) is 9.59 Å². The summed E-state index contributed by atoms with van der Waals surface area (Å²) in [6.07, 6.45) is 18.2. The van der Waals surface area contributed by atoms with Gasteiger partial charge in [-0.2, -0.15) is 0 Å². The molecule has 0 saturated heterocycles. The summed E-state index contributed by atoms with van der Waals surface area (Å²) in [5.74, 6) is 5.09. The van der Waals surface area contributed by atoms with Crippen molar-refractivity contribution in [3.05, 3.63) is 0 Å². The van der Waals surface area contributed by atoms with Crippen LogP contribution in [0, 0.1) is 11.8 Å². The molecular weight excluding hydrogens is 376 g/mol. The monoisotopic (exact) mass is 422 g/mol. The van der Waals surface area contributed by atoms with Gasteiger partial charge in [-0.15, -0.1) is 5.92 Å². The quantitative estimate of drug-likeness (QED) is 0.119. The molecule has 1 atom stereocenters. The highest BCUT2D eigenvalue weighted by atomic mass is 16.5. The lowest BCUT2D eigenvalue weighted by Crippen LogP contribution is -2.16. The van der Waals surface area contributed by atoms with Crippen LogP contribution in [0.3, 0.4) is 0 Å². The molecular formula is C26H46O4. The van der Waals surface area contributed by atoms with Crippen molar-refractivity contribution in [1.29, 1.82) is 0 Å². The molecule has 0 spiro atoms. The molecule has 0 fully saturated rings. The van der Waals surface area contributed by atoms with Gasteiger partial charge in [-0.05, 0) is 26.2 Å². The predicted octanol–water partition coefficient (Wildman–Crippen LogP) is 7.14. The zero-order valence-electron chi connectivity index (χ0n) is 19.9. The Morgan fingerprint density at radius 2 is 1.20 bits per heavy atom. The van der Waals surface area contributed by atoms with Gasteiger partial charge in [-0.25, -0.2) is 0 Å². The van der Waals surface area contributed by atoms with Crippen LogP contribution in [0.2, 0.25) is 0 Å². The number of rotatable bonds is 20. The summed E-state index contributed by atoms with van der Waals surface area (Å²) in [5.41, 5.74) is 0. The second-order valence-corrected chi connectivity index (χ2v) is 8.10. The van der Waals surface area contributed by atoms with Crippen molar-refractivity contribution in [2.45, 2.75) is 136 Å². The Hall–Kier alpha value is -1.50. The van der Waals surface area contributed by atoms with Crippen LogP contribution in [0.1, 0.15) is 130 Å². The molecule has 0 aliphatic rings. The first-order valence-corrected chi connectivity index (χ1v) is 12.4. The molecule has 0 aromatic heterocycles. The normalized spacial score (nSPS) is 11.4. The van der Waals surface area contributed by atoms with Gasteiger partial charge in [0.15, 0.2) is 6.10 Å². The number of hydrogen-bond acceptors (Lipinski definition) is 4. The van der Waals surface area contributed by atoms with Gasteiger partial charge in [0, 0.05) is 12.8 Å². The fourth-order valence-electron chi connectivity index (χ4n) is 3.35. The summed E-state index contributed by atoms with van der Waals surface area (Å²) < 4.78 is 10.5. The molecule has 0 saturated carbocycles. The molecule has 0 bridgehead atoms. The summed E-state index contributed by atoms with van der Waals surface area (Å²) in [4.78, 5) is 23.5. The molecule has 1 unspecified atom stereocenters. The molecule has 0 rings (SSSR count). The van der Waals surface area contributed by atoms with Crippen molar-refractivity contribution in [2.24, 2.45) is 0 Å². The van der Waals surface area contributed by atoms with Gasteiger partial charge in [0.05, 0.1) is 6.61 Å². The highest BCUT2D eigenvalue weighted by Crippen LogP contribution is 2.12. The van der Waals surface area contributed by atoms with Crippen LogP contribution < -0.4 is 0 Å². The standard InChI is InChI=1S/C26H46O4/c1-4-7-8-9-10-11-12-13-14-15-16-17-18-23-29-25(27)21-19-22-26(28)30-24(6-3)20-5-2/h24H,4,6-19,21-23H2,1-3H3. The van der Waals surface area contributed by atoms with Crippen molar-refractivity contribution >= 4 is 11.9 Å². The largest absolute Gasteiger partial charge is 0.466 e. The van der Waals surface area contributed by atoms with Crippen LogP contribution in [0.4, 0.5) is 0 Å². The molecule has 174 valence electrons. The summed E-state index contributed by atoms with van der Waals surface area (Å²) in [6.45, 7) is 6.41. The van der Waals surface area contributed by atoms with Crippen molar-refractivity contribution in [2.75, 3.05) is 6.61 Å². The lowest BCUT2D eigenvalue weighted by Gasteiger charge is -2.10. The second kappa shape index (κ2) is 22.2. The Morgan fingerprint density at radius 3 is 1.70 bits per heavy atom. The van der Waals surface area contributed by atoms with Crippen molar-refractivity contribution in [1.82, 2.24) is 0 Å². The van der Waals surface area contributed by atoms with E-state index in [-0.39, 0.29) is 30.9 Å². The summed E-state index contributed by atoms with van der Waals surface area (Å²) in [5, 5.41) is 0.